The van der Waals surface area contributed by atoms with Gasteiger partial charge in [-0.2, -0.15) is 0 Å². The lowest BCUT2D eigenvalue weighted by atomic mass is 10.1. The molecule has 28 heavy (non-hydrogen) atoms. The second kappa shape index (κ2) is 7.05. The van der Waals surface area contributed by atoms with Crippen LogP contribution in [0.3, 0.4) is 0 Å². The zero-order valence-electron chi connectivity index (χ0n) is 16.0. The molecule has 1 aliphatic rings. The predicted molar refractivity (Wildman–Crippen MR) is 109 cm³/mol. The molecule has 0 radical (unpaired) electrons. The van der Waals surface area contributed by atoms with Gasteiger partial charge in [-0.05, 0) is 36.1 Å². The van der Waals surface area contributed by atoms with Crippen LogP contribution in [0.5, 0.6) is 0 Å². The van der Waals surface area contributed by atoms with E-state index in [1.807, 2.05) is 43.4 Å². The van der Waals surface area contributed by atoms with Crippen molar-refractivity contribution in [1.82, 2.24) is 14.5 Å². The minimum absolute atomic E-state index is 0.0526. The molecule has 0 saturated heterocycles. The number of rotatable bonds is 5. The number of benzene rings is 2. The summed E-state index contributed by atoms with van der Waals surface area (Å²) in [6.07, 6.45) is 3.05. The van der Waals surface area contributed by atoms with Crippen LogP contribution in [0.2, 0.25) is 0 Å². The van der Waals surface area contributed by atoms with E-state index in [-0.39, 0.29) is 24.2 Å². The van der Waals surface area contributed by atoms with Crippen molar-refractivity contribution >= 4 is 26.8 Å². The number of amides is 1. The van der Waals surface area contributed by atoms with Crippen LogP contribution in [0.1, 0.15) is 29.4 Å². The van der Waals surface area contributed by atoms with Crippen molar-refractivity contribution in [3.05, 3.63) is 65.5 Å². The fourth-order valence-electron chi connectivity index (χ4n) is 4.00. The third-order valence-electron chi connectivity index (χ3n) is 5.38. The van der Waals surface area contributed by atoms with E-state index in [9.17, 15) is 13.2 Å². The van der Waals surface area contributed by atoms with E-state index in [4.69, 9.17) is 0 Å². The van der Waals surface area contributed by atoms with Gasteiger partial charge in [0, 0.05) is 13.3 Å². The number of imidazole rings is 1. The molecule has 1 aliphatic carbocycles. The smallest absolute Gasteiger partial charge is 0.242 e. The fraction of sp³-hybridized carbons (Fsp3) is 0.333. The van der Waals surface area contributed by atoms with Crippen molar-refractivity contribution in [1.29, 1.82) is 0 Å². The number of likely N-dealkylation sites (N-methyl/N-ethyl adjacent to an activating group) is 1. The van der Waals surface area contributed by atoms with Gasteiger partial charge in [0.2, 0.25) is 5.91 Å². The van der Waals surface area contributed by atoms with Crippen LogP contribution in [0.15, 0.2) is 48.5 Å². The van der Waals surface area contributed by atoms with Gasteiger partial charge >= 0.3 is 0 Å². The van der Waals surface area contributed by atoms with Gasteiger partial charge < -0.3 is 9.47 Å². The molecule has 1 aromatic heterocycles. The molecule has 1 amide bonds. The van der Waals surface area contributed by atoms with E-state index in [0.717, 1.165) is 18.4 Å². The molecule has 0 aliphatic heterocycles. The largest absolute Gasteiger partial charge is 0.337 e. The lowest BCUT2D eigenvalue weighted by Crippen LogP contribution is -2.33. The van der Waals surface area contributed by atoms with Crippen LogP contribution in [0.25, 0.3) is 11.0 Å². The van der Waals surface area contributed by atoms with E-state index in [1.54, 1.807) is 9.47 Å². The van der Waals surface area contributed by atoms with Crippen LogP contribution in [0, 0.1) is 0 Å². The molecule has 146 valence electrons. The summed E-state index contributed by atoms with van der Waals surface area (Å²) in [7, 11) is -1.44. The van der Waals surface area contributed by atoms with E-state index in [0.29, 0.717) is 11.3 Å². The fourth-order valence-corrected chi connectivity index (χ4v) is 4.69. The quantitative estimate of drug-likeness (QED) is 0.664. The number of aryl methyl sites for hydroxylation is 1. The summed E-state index contributed by atoms with van der Waals surface area (Å²) in [6, 6.07) is 15.7. The Morgan fingerprint density at radius 3 is 2.68 bits per heavy atom. The molecule has 2 aromatic carbocycles. The molecule has 0 fully saturated rings. The number of sulfone groups is 1. The predicted octanol–water partition coefficient (Wildman–Crippen LogP) is 2.73. The Kier molecular flexibility index (Phi) is 4.71. The summed E-state index contributed by atoms with van der Waals surface area (Å²) < 4.78 is 25.4. The maximum absolute atomic E-state index is 13.1. The Balaban J connectivity index is 1.64. The molecule has 6 nitrogen and oxygen atoms in total. The Morgan fingerprint density at radius 2 is 1.89 bits per heavy atom. The standard InChI is InChI=1S/C21H23N3O3S/c1-23(18-12-11-15-7-3-4-8-16(15)18)21(25)13-24-19-10-6-5-9-17(19)22-20(24)14-28(2,26)27/h3-10,18H,11-14H2,1-2H3. The topological polar surface area (TPSA) is 72.3 Å². The van der Waals surface area contributed by atoms with Crippen LogP contribution >= 0.6 is 0 Å². The van der Waals surface area contributed by atoms with Gasteiger partial charge in [-0.25, -0.2) is 13.4 Å². The monoisotopic (exact) mass is 397 g/mol. The highest BCUT2D eigenvalue weighted by Gasteiger charge is 2.29. The highest BCUT2D eigenvalue weighted by molar-refractivity contribution is 7.89. The molecule has 3 aromatic rings. The first-order chi connectivity index (χ1) is 13.3. The summed E-state index contributed by atoms with van der Waals surface area (Å²) in [4.78, 5) is 19.3. The van der Waals surface area contributed by atoms with Gasteiger partial charge in [-0.1, -0.05) is 36.4 Å². The normalized spacial score (nSPS) is 16.3. The Bertz CT molecular complexity index is 1150. The maximum atomic E-state index is 13.1. The zero-order valence-corrected chi connectivity index (χ0v) is 16.8. The molecule has 1 unspecified atom stereocenters. The molecule has 0 N–H and O–H groups in total. The molecule has 0 spiro atoms. The molecular formula is C21H23N3O3S. The SMILES string of the molecule is CN(C(=O)Cn1c(CS(C)(=O)=O)nc2ccccc21)C1CCc2ccccc21. The molecule has 1 atom stereocenters. The van der Waals surface area contributed by atoms with Crippen molar-refractivity contribution in [2.75, 3.05) is 13.3 Å². The zero-order chi connectivity index (χ0) is 19.9. The van der Waals surface area contributed by atoms with Crippen molar-refractivity contribution in [3.8, 4) is 0 Å². The molecule has 7 heteroatoms. The summed E-state index contributed by atoms with van der Waals surface area (Å²) in [5.74, 6) is 0.155. The lowest BCUT2D eigenvalue weighted by molar-refractivity contribution is -0.132. The average molecular weight is 398 g/mol. The molecule has 4 rings (SSSR count). The van der Waals surface area contributed by atoms with Gasteiger partial charge in [0.05, 0.1) is 17.1 Å². The molecule has 0 bridgehead atoms. The van der Waals surface area contributed by atoms with Crippen LogP contribution in [-0.2, 0) is 33.4 Å². The van der Waals surface area contributed by atoms with Crippen molar-refractivity contribution < 1.29 is 13.2 Å². The van der Waals surface area contributed by atoms with Crippen LogP contribution < -0.4 is 0 Å². The second-order valence-corrected chi connectivity index (χ2v) is 9.57. The first kappa shape index (κ1) is 18.7. The third kappa shape index (κ3) is 3.54. The summed E-state index contributed by atoms with van der Waals surface area (Å²) in [5.41, 5.74) is 3.96. The molecule has 0 saturated carbocycles. The Morgan fingerprint density at radius 1 is 1.18 bits per heavy atom. The van der Waals surface area contributed by atoms with Gasteiger partial charge in [0.25, 0.3) is 0 Å². The highest BCUT2D eigenvalue weighted by atomic mass is 32.2. The number of nitrogens with zero attached hydrogens (tertiary/aromatic N) is 3. The van der Waals surface area contributed by atoms with E-state index in [1.165, 1.54) is 17.4 Å². The van der Waals surface area contributed by atoms with Gasteiger partial charge in [-0.15, -0.1) is 0 Å². The Hall–Kier alpha value is -2.67. The number of carbonyl (C=O) groups excluding carboxylic acids is 1. The summed E-state index contributed by atoms with van der Waals surface area (Å²) in [6.45, 7) is 0.0700. The molecular weight excluding hydrogens is 374 g/mol. The van der Waals surface area contributed by atoms with Crippen molar-refractivity contribution in [2.45, 2.75) is 31.2 Å². The molecule has 1 heterocycles. The number of hydrogen-bond acceptors (Lipinski definition) is 4. The first-order valence-electron chi connectivity index (χ1n) is 9.29. The summed E-state index contributed by atoms with van der Waals surface area (Å²) >= 11 is 0. The number of carbonyl (C=O) groups is 1. The van der Waals surface area contributed by atoms with E-state index in [2.05, 4.69) is 17.1 Å². The van der Waals surface area contributed by atoms with Gasteiger partial charge in [0.15, 0.2) is 9.84 Å². The van der Waals surface area contributed by atoms with Gasteiger partial charge in [0.1, 0.15) is 18.1 Å². The number of aromatic nitrogens is 2. The van der Waals surface area contributed by atoms with E-state index >= 15 is 0 Å². The third-order valence-corrected chi connectivity index (χ3v) is 6.16. The van der Waals surface area contributed by atoms with Crippen LogP contribution in [-0.4, -0.2) is 42.1 Å². The van der Waals surface area contributed by atoms with E-state index < -0.39 is 9.84 Å². The number of para-hydroxylation sites is 2. The number of fused-ring (bicyclic) bond motifs is 2. The lowest BCUT2D eigenvalue weighted by Gasteiger charge is -2.26. The first-order valence-corrected chi connectivity index (χ1v) is 11.3. The maximum Gasteiger partial charge on any atom is 0.242 e. The minimum Gasteiger partial charge on any atom is -0.337 e. The van der Waals surface area contributed by atoms with Gasteiger partial charge in [-0.3, -0.25) is 4.79 Å². The van der Waals surface area contributed by atoms with Crippen LogP contribution in [0.4, 0.5) is 0 Å². The highest BCUT2D eigenvalue weighted by Crippen LogP contribution is 2.35. The second-order valence-electron chi connectivity index (χ2n) is 7.43. The number of hydrogen-bond donors (Lipinski definition) is 0. The van der Waals surface area contributed by atoms with Crippen molar-refractivity contribution in [3.63, 3.8) is 0 Å². The average Bonchev–Trinajstić information content (AvgIpc) is 3.22. The summed E-state index contributed by atoms with van der Waals surface area (Å²) in [5, 5.41) is 0. The van der Waals surface area contributed by atoms with Crippen molar-refractivity contribution in [2.24, 2.45) is 0 Å². The minimum atomic E-state index is -3.27. The Labute approximate surface area is 164 Å².